The van der Waals surface area contributed by atoms with Gasteiger partial charge in [0.1, 0.15) is 0 Å². The molecule has 0 saturated carbocycles. The van der Waals surface area contributed by atoms with Crippen molar-refractivity contribution in [3.05, 3.63) is 36.0 Å². The molecular weight excluding hydrogens is 326 g/mol. The fraction of sp³-hybridized carbons (Fsp3) is 0.500. The lowest BCUT2D eigenvalue weighted by Crippen LogP contribution is -2.43. The van der Waals surface area contributed by atoms with Gasteiger partial charge in [0, 0.05) is 30.3 Å². The van der Waals surface area contributed by atoms with Gasteiger partial charge in [-0.15, -0.1) is 12.4 Å². The van der Waals surface area contributed by atoms with E-state index < -0.39 is 6.04 Å². The van der Waals surface area contributed by atoms with E-state index in [2.05, 4.69) is 10.3 Å². The molecule has 1 aliphatic heterocycles. The summed E-state index contributed by atoms with van der Waals surface area (Å²) in [5, 5.41) is 4.07. The van der Waals surface area contributed by atoms with Gasteiger partial charge in [-0.05, 0) is 43.7 Å². The monoisotopic (exact) mass is 351 g/mol. The lowest BCUT2D eigenvalue weighted by Gasteiger charge is -2.22. The minimum Gasteiger partial charge on any atom is -0.378 e. The first-order chi connectivity index (χ1) is 11.2. The van der Waals surface area contributed by atoms with Crippen LogP contribution < -0.4 is 11.1 Å². The van der Waals surface area contributed by atoms with Crippen molar-refractivity contribution >= 4 is 29.2 Å². The van der Waals surface area contributed by atoms with Crippen LogP contribution in [0.4, 0.5) is 0 Å². The molecule has 0 bridgehead atoms. The van der Waals surface area contributed by atoms with Crippen molar-refractivity contribution in [1.82, 2.24) is 10.3 Å². The summed E-state index contributed by atoms with van der Waals surface area (Å²) >= 11 is 0. The molecule has 0 radical (unpaired) electrons. The van der Waals surface area contributed by atoms with Crippen molar-refractivity contribution in [2.45, 2.75) is 44.2 Å². The first kappa shape index (κ1) is 18.8. The molecule has 1 aliphatic rings. The normalized spacial score (nSPS) is 18.8. The van der Waals surface area contributed by atoms with E-state index in [1.54, 1.807) is 0 Å². The highest BCUT2D eigenvalue weighted by Crippen LogP contribution is 2.19. The summed E-state index contributed by atoms with van der Waals surface area (Å²) in [4.78, 5) is 15.4. The van der Waals surface area contributed by atoms with Crippen LogP contribution in [0.5, 0.6) is 0 Å². The molecule has 6 heteroatoms. The predicted octanol–water partition coefficient (Wildman–Crippen LogP) is 2.53. The van der Waals surface area contributed by atoms with Crippen LogP contribution >= 0.6 is 12.4 Å². The number of rotatable bonds is 6. The molecule has 1 aromatic carbocycles. The number of amides is 1. The Labute approximate surface area is 148 Å². The van der Waals surface area contributed by atoms with Crippen molar-refractivity contribution in [3.63, 3.8) is 0 Å². The van der Waals surface area contributed by atoms with Crippen molar-refractivity contribution in [1.29, 1.82) is 0 Å². The zero-order valence-electron chi connectivity index (χ0n) is 13.8. The summed E-state index contributed by atoms with van der Waals surface area (Å²) in [7, 11) is 0. The SMILES string of the molecule is Cl.N[C@@H](Cc1c[nH]c2ccccc12)C(=O)NCCC1CCCCO1. The molecule has 132 valence electrons. The number of carbonyl (C=O) groups is 1. The Bertz CT molecular complexity index is 653. The van der Waals surface area contributed by atoms with E-state index in [0.717, 1.165) is 42.3 Å². The molecule has 1 aromatic heterocycles. The van der Waals surface area contributed by atoms with Gasteiger partial charge in [0.25, 0.3) is 0 Å². The molecular formula is C18H26ClN3O2. The Morgan fingerprint density at radius 1 is 1.38 bits per heavy atom. The van der Waals surface area contributed by atoms with Crippen molar-refractivity contribution < 1.29 is 9.53 Å². The average molecular weight is 352 g/mol. The quantitative estimate of drug-likeness (QED) is 0.748. The van der Waals surface area contributed by atoms with E-state index >= 15 is 0 Å². The summed E-state index contributed by atoms with van der Waals surface area (Å²) in [5.41, 5.74) is 8.22. The number of aromatic nitrogens is 1. The molecule has 24 heavy (non-hydrogen) atoms. The number of hydrogen-bond donors (Lipinski definition) is 3. The second-order valence-electron chi connectivity index (χ2n) is 6.24. The lowest BCUT2D eigenvalue weighted by atomic mass is 10.0. The van der Waals surface area contributed by atoms with Gasteiger partial charge in [-0.2, -0.15) is 0 Å². The second-order valence-corrected chi connectivity index (χ2v) is 6.24. The Morgan fingerprint density at radius 2 is 2.21 bits per heavy atom. The van der Waals surface area contributed by atoms with Gasteiger partial charge in [0.2, 0.25) is 5.91 Å². The first-order valence-electron chi connectivity index (χ1n) is 8.44. The number of hydrogen-bond acceptors (Lipinski definition) is 3. The number of nitrogens with two attached hydrogens (primary N) is 1. The Balaban J connectivity index is 0.00000208. The number of benzene rings is 1. The van der Waals surface area contributed by atoms with Gasteiger partial charge in [-0.25, -0.2) is 0 Å². The number of halogens is 1. The summed E-state index contributed by atoms with van der Waals surface area (Å²) in [6, 6.07) is 7.53. The zero-order valence-corrected chi connectivity index (χ0v) is 14.6. The van der Waals surface area contributed by atoms with E-state index in [4.69, 9.17) is 10.5 Å². The zero-order chi connectivity index (χ0) is 16.1. The molecule has 1 saturated heterocycles. The van der Waals surface area contributed by atoms with Crippen LogP contribution in [0.15, 0.2) is 30.5 Å². The van der Waals surface area contributed by atoms with Crippen LogP contribution in [0.25, 0.3) is 10.9 Å². The number of aromatic amines is 1. The number of para-hydroxylation sites is 1. The summed E-state index contributed by atoms with van der Waals surface area (Å²) < 4.78 is 5.67. The van der Waals surface area contributed by atoms with Crippen LogP contribution in [0.3, 0.4) is 0 Å². The van der Waals surface area contributed by atoms with E-state index in [0.29, 0.717) is 13.0 Å². The van der Waals surface area contributed by atoms with Gasteiger partial charge >= 0.3 is 0 Å². The molecule has 4 N–H and O–H groups in total. The molecule has 2 heterocycles. The first-order valence-corrected chi connectivity index (χ1v) is 8.44. The largest absolute Gasteiger partial charge is 0.378 e. The second kappa shape index (κ2) is 9.06. The van der Waals surface area contributed by atoms with Gasteiger partial charge in [0.05, 0.1) is 12.1 Å². The maximum atomic E-state index is 12.2. The topological polar surface area (TPSA) is 80.1 Å². The highest BCUT2D eigenvalue weighted by molar-refractivity contribution is 5.86. The van der Waals surface area contributed by atoms with Crippen LogP contribution in [-0.4, -0.2) is 36.2 Å². The smallest absolute Gasteiger partial charge is 0.237 e. The fourth-order valence-corrected chi connectivity index (χ4v) is 3.15. The average Bonchev–Trinajstić information content (AvgIpc) is 2.99. The highest BCUT2D eigenvalue weighted by Gasteiger charge is 2.17. The molecule has 5 nitrogen and oxygen atoms in total. The van der Waals surface area contributed by atoms with Gasteiger partial charge in [-0.3, -0.25) is 4.79 Å². The minimum atomic E-state index is -0.526. The lowest BCUT2D eigenvalue weighted by molar-refractivity contribution is -0.122. The van der Waals surface area contributed by atoms with Crippen LogP contribution in [0.1, 0.15) is 31.2 Å². The number of carbonyl (C=O) groups excluding carboxylic acids is 1. The third-order valence-corrected chi connectivity index (χ3v) is 4.49. The number of ether oxygens (including phenoxy) is 1. The molecule has 1 fully saturated rings. The Morgan fingerprint density at radius 3 is 3.00 bits per heavy atom. The molecule has 3 rings (SSSR count). The van der Waals surface area contributed by atoms with Crippen molar-refractivity contribution in [2.75, 3.05) is 13.2 Å². The van der Waals surface area contributed by atoms with E-state index in [9.17, 15) is 4.79 Å². The Kier molecular flexibility index (Phi) is 7.09. The van der Waals surface area contributed by atoms with Gasteiger partial charge < -0.3 is 20.8 Å². The van der Waals surface area contributed by atoms with E-state index in [-0.39, 0.29) is 24.4 Å². The van der Waals surface area contributed by atoms with Gasteiger partial charge in [-0.1, -0.05) is 18.2 Å². The molecule has 0 aliphatic carbocycles. The highest BCUT2D eigenvalue weighted by atomic mass is 35.5. The summed E-state index contributed by atoms with van der Waals surface area (Å²) in [6.45, 7) is 1.48. The van der Waals surface area contributed by atoms with E-state index in [1.807, 2.05) is 30.5 Å². The summed E-state index contributed by atoms with van der Waals surface area (Å²) in [5.74, 6) is -0.0916. The maximum Gasteiger partial charge on any atom is 0.237 e. The molecule has 1 unspecified atom stereocenters. The fourth-order valence-electron chi connectivity index (χ4n) is 3.15. The molecule has 1 amide bonds. The number of H-pyrrole nitrogens is 1. The molecule has 2 atom stereocenters. The third-order valence-electron chi connectivity index (χ3n) is 4.49. The van der Waals surface area contributed by atoms with E-state index in [1.165, 1.54) is 6.42 Å². The third kappa shape index (κ3) is 4.72. The number of fused-ring (bicyclic) bond motifs is 1. The van der Waals surface area contributed by atoms with Crippen molar-refractivity contribution in [3.8, 4) is 0 Å². The van der Waals surface area contributed by atoms with Crippen LogP contribution in [0, 0.1) is 0 Å². The van der Waals surface area contributed by atoms with Crippen molar-refractivity contribution in [2.24, 2.45) is 5.73 Å². The predicted molar refractivity (Wildman–Crippen MR) is 98.4 cm³/mol. The summed E-state index contributed by atoms with van der Waals surface area (Å²) in [6.07, 6.45) is 7.09. The minimum absolute atomic E-state index is 0. The standard InChI is InChI=1S/C18H25N3O2.ClH/c19-16(11-13-12-21-17-7-2-1-6-15(13)17)18(22)20-9-8-14-5-3-4-10-23-14;/h1-2,6-7,12,14,16,21H,3-5,8-11,19H2,(H,20,22);1H/t14?,16-;/m0./s1. The Hall–Kier alpha value is -1.56. The van der Waals surface area contributed by atoms with Crippen LogP contribution in [-0.2, 0) is 16.0 Å². The molecule has 0 spiro atoms. The maximum absolute atomic E-state index is 12.2. The van der Waals surface area contributed by atoms with Gasteiger partial charge in [0.15, 0.2) is 0 Å². The molecule has 2 aromatic rings. The number of nitrogens with one attached hydrogen (secondary N) is 2. The van der Waals surface area contributed by atoms with Crippen LogP contribution in [0.2, 0.25) is 0 Å².